The van der Waals surface area contributed by atoms with Crippen molar-refractivity contribution in [2.45, 2.75) is 12.5 Å². The zero-order valence-corrected chi connectivity index (χ0v) is 11.8. The van der Waals surface area contributed by atoms with E-state index in [2.05, 4.69) is 5.32 Å². The Hall–Kier alpha value is -2.02. The maximum absolute atomic E-state index is 13.2. The summed E-state index contributed by atoms with van der Waals surface area (Å²) in [6.45, 7) is 1.90. The number of hydrogen-bond acceptors (Lipinski definition) is 4. The quantitative estimate of drug-likeness (QED) is 0.863. The molecule has 21 heavy (non-hydrogen) atoms. The van der Waals surface area contributed by atoms with Crippen molar-refractivity contribution >= 4 is 6.09 Å². The van der Waals surface area contributed by atoms with E-state index in [9.17, 15) is 9.18 Å². The Morgan fingerprint density at radius 1 is 1.52 bits per heavy atom. The van der Waals surface area contributed by atoms with Gasteiger partial charge in [0.25, 0.3) is 0 Å². The first-order valence-electron chi connectivity index (χ1n) is 6.77. The van der Waals surface area contributed by atoms with Gasteiger partial charge in [0.2, 0.25) is 0 Å². The van der Waals surface area contributed by atoms with Crippen LogP contribution in [0.3, 0.4) is 0 Å². The Morgan fingerprint density at radius 3 is 3.05 bits per heavy atom. The van der Waals surface area contributed by atoms with Crippen LogP contribution in [-0.2, 0) is 0 Å². The summed E-state index contributed by atoms with van der Waals surface area (Å²) in [6, 6.07) is 4.13. The lowest BCUT2D eigenvalue weighted by Gasteiger charge is -2.31. The third-order valence-electron chi connectivity index (χ3n) is 3.38. The number of piperazine rings is 1. The highest BCUT2D eigenvalue weighted by Gasteiger charge is 2.22. The zero-order valence-electron chi connectivity index (χ0n) is 11.8. The summed E-state index contributed by atoms with van der Waals surface area (Å²) in [6.07, 6.45) is -0.280. The fourth-order valence-electron chi connectivity index (χ4n) is 2.27. The molecule has 0 aliphatic carbocycles. The van der Waals surface area contributed by atoms with E-state index in [1.807, 2.05) is 0 Å². The maximum atomic E-state index is 13.2. The highest BCUT2D eigenvalue weighted by molar-refractivity contribution is 5.65. The minimum absolute atomic E-state index is 0.0365. The lowest BCUT2D eigenvalue weighted by Crippen LogP contribution is -2.52. The first-order valence-corrected chi connectivity index (χ1v) is 6.77. The van der Waals surface area contributed by atoms with Crippen molar-refractivity contribution in [3.8, 4) is 11.5 Å². The summed E-state index contributed by atoms with van der Waals surface area (Å²) in [5.74, 6) is 0.433. The zero-order chi connectivity index (χ0) is 15.2. The fraction of sp³-hybridized carbons (Fsp3) is 0.500. The number of nitrogens with zero attached hydrogens (tertiary/aromatic N) is 1. The number of methoxy groups -OCH3 is 1. The molecule has 0 unspecified atom stereocenters. The molecule has 0 aromatic heterocycles. The summed E-state index contributed by atoms with van der Waals surface area (Å²) in [7, 11) is 1.49. The van der Waals surface area contributed by atoms with Gasteiger partial charge in [-0.05, 0) is 18.6 Å². The predicted molar refractivity (Wildman–Crippen MR) is 74.5 cm³/mol. The molecule has 1 amide bonds. The van der Waals surface area contributed by atoms with Crippen LogP contribution in [0.15, 0.2) is 18.2 Å². The van der Waals surface area contributed by atoms with Gasteiger partial charge in [-0.2, -0.15) is 0 Å². The van der Waals surface area contributed by atoms with Gasteiger partial charge in [-0.1, -0.05) is 0 Å². The summed E-state index contributed by atoms with van der Waals surface area (Å²) in [5.41, 5.74) is 0. The first kappa shape index (κ1) is 15.4. The SMILES string of the molecule is COc1ccc(F)cc1OCC[C@@H]1CN(C(=O)O)CCN1. The Morgan fingerprint density at radius 2 is 2.33 bits per heavy atom. The number of carboxylic acid groups (broad SMARTS) is 1. The van der Waals surface area contributed by atoms with Crippen LogP contribution in [0.25, 0.3) is 0 Å². The smallest absolute Gasteiger partial charge is 0.407 e. The molecule has 2 N–H and O–H groups in total. The number of hydrogen-bond donors (Lipinski definition) is 2. The molecule has 1 fully saturated rings. The van der Waals surface area contributed by atoms with Gasteiger partial charge in [0.05, 0.1) is 13.7 Å². The molecular weight excluding hydrogens is 279 g/mol. The van der Waals surface area contributed by atoms with Crippen LogP contribution in [0.2, 0.25) is 0 Å². The summed E-state index contributed by atoms with van der Waals surface area (Å²) in [4.78, 5) is 12.3. The van der Waals surface area contributed by atoms with Gasteiger partial charge in [0, 0.05) is 31.7 Å². The Bertz CT molecular complexity index is 498. The summed E-state index contributed by atoms with van der Waals surface area (Å²) < 4.78 is 23.8. The number of nitrogens with one attached hydrogen (secondary N) is 1. The van der Waals surface area contributed by atoms with Gasteiger partial charge in [-0.15, -0.1) is 0 Å². The number of halogens is 1. The highest BCUT2D eigenvalue weighted by atomic mass is 19.1. The van der Waals surface area contributed by atoms with Crippen molar-refractivity contribution in [2.75, 3.05) is 33.4 Å². The predicted octanol–water partition coefficient (Wildman–Crippen LogP) is 1.55. The van der Waals surface area contributed by atoms with Gasteiger partial charge in [0.1, 0.15) is 5.82 Å². The van der Waals surface area contributed by atoms with Crippen molar-refractivity contribution < 1.29 is 23.8 Å². The van der Waals surface area contributed by atoms with E-state index in [1.54, 1.807) is 0 Å². The van der Waals surface area contributed by atoms with E-state index in [0.717, 1.165) is 0 Å². The van der Waals surface area contributed by atoms with E-state index in [4.69, 9.17) is 14.6 Å². The topological polar surface area (TPSA) is 71.0 Å². The van der Waals surface area contributed by atoms with Gasteiger partial charge < -0.3 is 24.8 Å². The number of rotatable bonds is 5. The van der Waals surface area contributed by atoms with E-state index in [-0.39, 0.29) is 6.04 Å². The summed E-state index contributed by atoms with van der Waals surface area (Å²) >= 11 is 0. The normalized spacial score (nSPS) is 18.4. The molecule has 1 aromatic rings. The van der Waals surface area contributed by atoms with Crippen molar-refractivity contribution in [3.05, 3.63) is 24.0 Å². The molecule has 0 spiro atoms. The van der Waals surface area contributed by atoms with Crippen LogP contribution in [0.1, 0.15) is 6.42 Å². The molecule has 0 bridgehead atoms. The van der Waals surface area contributed by atoms with Crippen molar-refractivity contribution in [3.63, 3.8) is 0 Å². The molecule has 1 atom stereocenters. The standard InChI is InChI=1S/C14H19FN2O4/c1-20-12-3-2-10(15)8-13(12)21-7-4-11-9-17(14(18)19)6-5-16-11/h2-3,8,11,16H,4-7,9H2,1H3,(H,18,19)/t11-/m1/s1. The van der Waals surface area contributed by atoms with Gasteiger partial charge in [0.15, 0.2) is 11.5 Å². The number of amides is 1. The van der Waals surface area contributed by atoms with Gasteiger partial charge in [-0.3, -0.25) is 0 Å². The van der Waals surface area contributed by atoms with Crippen LogP contribution >= 0.6 is 0 Å². The molecule has 116 valence electrons. The molecule has 6 nitrogen and oxygen atoms in total. The van der Waals surface area contributed by atoms with Crippen LogP contribution in [-0.4, -0.2) is 55.5 Å². The van der Waals surface area contributed by atoms with Crippen molar-refractivity contribution in [1.29, 1.82) is 0 Å². The Kier molecular flexibility index (Phi) is 5.21. The van der Waals surface area contributed by atoms with Crippen LogP contribution < -0.4 is 14.8 Å². The molecular formula is C14H19FN2O4. The van der Waals surface area contributed by atoms with Crippen LogP contribution in [0, 0.1) is 5.82 Å². The lowest BCUT2D eigenvalue weighted by molar-refractivity contribution is 0.124. The van der Waals surface area contributed by atoms with Crippen LogP contribution in [0.5, 0.6) is 11.5 Å². The average molecular weight is 298 g/mol. The second-order valence-corrected chi connectivity index (χ2v) is 4.81. The molecule has 0 saturated carbocycles. The molecule has 1 aliphatic heterocycles. The highest BCUT2D eigenvalue weighted by Crippen LogP contribution is 2.27. The minimum atomic E-state index is -0.908. The van der Waals surface area contributed by atoms with Crippen molar-refractivity contribution in [1.82, 2.24) is 10.2 Å². The van der Waals surface area contributed by atoms with E-state index in [0.29, 0.717) is 44.2 Å². The first-order chi connectivity index (χ1) is 10.1. The largest absolute Gasteiger partial charge is 0.493 e. The molecule has 1 heterocycles. The number of carbonyl (C=O) groups is 1. The average Bonchev–Trinajstić information content (AvgIpc) is 2.48. The molecule has 2 rings (SSSR count). The third-order valence-corrected chi connectivity index (χ3v) is 3.38. The number of ether oxygens (including phenoxy) is 2. The van der Waals surface area contributed by atoms with Gasteiger partial charge in [-0.25, -0.2) is 9.18 Å². The second kappa shape index (κ2) is 7.12. The fourth-order valence-corrected chi connectivity index (χ4v) is 2.27. The van der Waals surface area contributed by atoms with Crippen molar-refractivity contribution in [2.24, 2.45) is 0 Å². The third kappa shape index (κ3) is 4.22. The van der Waals surface area contributed by atoms with E-state index >= 15 is 0 Å². The molecule has 1 saturated heterocycles. The molecule has 7 heteroatoms. The van der Waals surface area contributed by atoms with E-state index in [1.165, 1.54) is 30.2 Å². The molecule has 1 aliphatic rings. The van der Waals surface area contributed by atoms with Crippen LogP contribution in [0.4, 0.5) is 9.18 Å². The molecule has 1 aromatic carbocycles. The Labute approximate surface area is 122 Å². The van der Waals surface area contributed by atoms with E-state index < -0.39 is 11.9 Å². The lowest BCUT2D eigenvalue weighted by atomic mass is 10.1. The summed E-state index contributed by atoms with van der Waals surface area (Å²) in [5, 5.41) is 12.2. The minimum Gasteiger partial charge on any atom is -0.493 e. The van der Waals surface area contributed by atoms with Gasteiger partial charge >= 0.3 is 6.09 Å². The molecule has 0 radical (unpaired) electrons. The Balaban J connectivity index is 1.84. The number of benzene rings is 1. The maximum Gasteiger partial charge on any atom is 0.407 e. The monoisotopic (exact) mass is 298 g/mol. The second-order valence-electron chi connectivity index (χ2n) is 4.81.